The topological polar surface area (TPSA) is 356 Å². The smallest absolute Gasteiger partial charge is 0.249 e. The van der Waals surface area contributed by atoms with Crippen LogP contribution in [0.2, 0.25) is 0 Å². The van der Waals surface area contributed by atoms with E-state index in [-0.39, 0.29) is 12.8 Å². The van der Waals surface area contributed by atoms with Crippen LogP contribution in [0.25, 0.3) is 0 Å². The highest BCUT2D eigenvalue weighted by Crippen LogP contribution is 2.32. The number of aliphatic hydroxyl groups is 12. The maximum Gasteiger partial charge on any atom is 0.249 e. The van der Waals surface area contributed by atoms with Crippen molar-refractivity contribution in [2.45, 2.75) is 362 Å². The first-order chi connectivity index (χ1) is 41.0. The Labute approximate surface area is 508 Å². The normalized spacial score (nSPS) is 29.6. The maximum atomic E-state index is 13.7. The quantitative estimate of drug-likeness (QED) is 0.0362. The third kappa shape index (κ3) is 29.8. The van der Waals surface area contributed by atoms with Gasteiger partial charge in [0.1, 0.15) is 85.4 Å². The summed E-state index contributed by atoms with van der Waals surface area (Å²) in [5.74, 6) is -1.47. The van der Waals surface area contributed by atoms with Crippen LogP contribution >= 0.6 is 0 Å². The lowest BCUT2D eigenvalue weighted by Gasteiger charge is -2.47. The van der Waals surface area contributed by atoms with Crippen molar-refractivity contribution in [3.05, 3.63) is 0 Å². The average molecular weight is 1230 g/mol. The van der Waals surface area contributed by atoms with E-state index >= 15 is 0 Å². The van der Waals surface area contributed by atoms with Gasteiger partial charge < -0.3 is 100 Å². The molecule has 3 saturated heterocycles. The van der Waals surface area contributed by atoms with E-state index in [1.54, 1.807) is 0 Å². The van der Waals surface area contributed by atoms with Gasteiger partial charge in [0.2, 0.25) is 11.8 Å². The molecule has 0 radical (unpaired) electrons. The zero-order chi connectivity index (χ0) is 62.4. The molecule has 22 nitrogen and oxygen atoms in total. The van der Waals surface area contributed by atoms with Crippen molar-refractivity contribution in [1.82, 2.24) is 10.6 Å². The third-order valence-corrected chi connectivity index (χ3v) is 17.3. The van der Waals surface area contributed by atoms with Crippen molar-refractivity contribution >= 4 is 11.8 Å². The number of nitrogens with one attached hydrogen (secondary N) is 2. The van der Waals surface area contributed by atoms with Crippen LogP contribution in [0.15, 0.2) is 0 Å². The molecule has 0 aromatic rings. The van der Waals surface area contributed by atoms with Crippen LogP contribution in [-0.2, 0) is 38.0 Å². The molecule has 0 spiro atoms. The second kappa shape index (κ2) is 46.3. The van der Waals surface area contributed by atoms with E-state index in [4.69, 9.17) is 28.4 Å². The summed E-state index contributed by atoms with van der Waals surface area (Å²) in [5.41, 5.74) is 0. The van der Waals surface area contributed by atoms with Gasteiger partial charge in [-0.05, 0) is 12.8 Å². The van der Waals surface area contributed by atoms with Crippen LogP contribution < -0.4 is 10.6 Å². The Hall–Kier alpha value is -1.78. The molecule has 0 aliphatic carbocycles. The zero-order valence-electron chi connectivity index (χ0n) is 52.2. The first kappa shape index (κ1) is 77.5. The molecule has 0 aromatic heterocycles. The highest BCUT2D eigenvalue weighted by atomic mass is 16.8. The molecule has 0 aromatic carbocycles. The average Bonchev–Trinajstić information content (AvgIpc) is 2.11. The summed E-state index contributed by atoms with van der Waals surface area (Å²) in [4.78, 5) is 25.9. The standard InChI is InChI=1S/C63H120N2O20/c1-4-6-8-10-12-14-16-18-20-21-22-23-24-26-28-30-32-34-36-38-46(70)60(79)65-44(51(71)45(69)37-35-33-31-29-27-25-19-17-15-13-11-9-7-5-2)41-80-63-59(85-62-58(78)56(76)53(73)48(40-67)83-62)57(77)54(74)49(84-63)42-81-61-50(64-43(3)68)55(75)52(72)47(39-66)82-61/h44-59,61-63,66-67,69-78H,4-42H2,1-3H3,(H,64,68)(H,65,79)/t44-,45+,46+,47+,48+,49+,50+,51-,52-,53-,54-,55+,56-,57-,58+,59+,61+,62+,63-/m0/s1. The fourth-order valence-electron chi connectivity index (χ4n) is 11.7. The summed E-state index contributed by atoms with van der Waals surface area (Å²) < 4.78 is 35.3. The number of rotatable bonds is 50. The molecule has 19 atom stereocenters. The minimum atomic E-state index is -2.01. The number of hydrogen-bond acceptors (Lipinski definition) is 20. The van der Waals surface area contributed by atoms with Crippen molar-refractivity contribution in [3.63, 3.8) is 0 Å². The van der Waals surface area contributed by atoms with Crippen molar-refractivity contribution in [1.29, 1.82) is 0 Å². The fourth-order valence-corrected chi connectivity index (χ4v) is 11.7. The van der Waals surface area contributed by atoms with Crippen LogP contribution in [-0.4, -0.2) is 216 Å². The molecule has 0 saturated carbocycles. The molecule has 14 N–H and O–H groups in total. The molecule has 502 valence electrons. The number of carbonyl (C=O) groups is 2. The zero-order valence-corrected chi connectivity index (χ0v) is 52.2. The third-order valence-electron chi connectivity index (χ3n) is 17.3. The largest absolute Gasteiger partial charge is 0.394 e. The molecule has 3 aliphatic heterocycles. The Bertz CT molecular complexity index is 1660. The van der Waals surface area contributed by atoms with Crippen LogP contribution in [0.1, 0.15) is 245 Å². The molecule has 3 rings (SSSR count). The van der Waals surface area contributed by atoms with E-state index in [2.05, 4.69) is 24.5 Å². The lowest BCUT2D eigenvalue weighted by atomic mass is 9.96. The van der Waals surface area contributed by atoms with Gasteiger partial charge >= 0.3 is 0 Å². The van der Waals surface area contributed by atoms with Crippen LogP contribution in [0.5, 0.6) is 0 Å². The molecule has 85 heavy (non-hydrogen) atoms. The summed E-state index contributed by atoms with van der Waals surface area (Å²) >= 11 is 0. The Kier molecular flexibility index (Phi) is 42.2. The summed E-state index contributed by atoms with van der Waals surface area (Å²) in [7, 11) is 0. The van der Waals surface area contributed by atoms with Crippen molar-refractivity contribution < 1.29 is 99.3 Å². The van der Waals surface area contributed by atoms with Crippen molar-refractivity contribution in [2.75, 3.05) is 26.4 Å². The van der Waals surface area contributed by atoms with Gasteiger partial charge in [-0.2, -0.15) is 0 Å². The van der Waals surface area contributed by atoms with Gasteiger partial charge in [0, 0.05) is 6.92 Å². The molecule has 22 heteroatoms. The predicted molar refractivity (Wildman–Crippen MR) is 319 cm³/mol. The van der Waals surface area contributed by atoms with Gasteiger partial charge in [0.15, 0.2) is 18.9 Å². The second-order valence-corrected chi connectivity index (χ2v) is 24.6. The summed E-state index contributed by atoms with van der Waals surface area (Å²) in [6.45, 7) is 2.68. The monoisotopic (exact) mass is 1220 g/mol. The van der Waals surface area contributed by atoms with Crippen LogP contribution in [0, 0.1) is 0 Å². The second-order valence-electron chi connectivity index (χ2n) is 24.6. The first-order valence-electron chi connectivity index (χ1n) is 33.5. The van der Waals surface area contributed by atoms with Gasteiger partial charge in [0.25, 0.3) is 0 Å². The van der Waals surface area contributed by atoms with Crippen molar-refractivity contribution in [3.8, 4) is 0 Å². The number of hydrogen-bond donors (Lipinski definition) is 14. The van der Waals surface area contributed by atoms with Gasteiger partial charge in [0.05, 0.1) is 38.6 Å². The Morgan fingerprint density at radius 3 is 1.27 bits per heavy atom. The maximum absolute atomic E-state index is 13.7. The van der Waals surface area contributed by atoms with Crippen LogP contribution in [0.4, 0.5) is 0 Å². The van der Waals surface area contributed by atoms with Gasteiger partial charge in [-0.25, -0.2) is 0 Å². The molecule has 2 amide bonds. The lowest BCUT2D eigenvalue weighted by Crippen LogP contribution is -2.66. The Morgan fingerprint density at radius 2 is 0.835 bits per heavy atom. The Morgan fingerprint density at radius 1 is 0.447 bits per heavy atom. The SMILES string of the molecule is CCCCCCCCCCCCCCCCCCCCC[C@@H](O)C(=O)N[C@@H](CO[C@H]1O[C@H](CO[C@@H]2O[C@H](CO)[C@H](O)[C@H](O)[C@H]2NC(C)=O)[C@H](O)[C@H](O)[C@H]1O[C@H]1O[C@H](CO)[C@H](O)[C@H](O)[C@H]1O)[C@H](O)[C@H](O)CCCCCCCCCCCCCCCC. The minimum Gasteiger partial charge on any atom is -0.394 e. The van der Waals surface area contributed by atoms with E-state index < -0.39 is 155 Å². The van der Waals surface area contributed by atoms with E-state index in [0.29, 0.717) is 12.8 Å². The molecule has 3 fully saturated rings. The number of aliphatic hydroxyl groups excluding tert-OH is 12. The van der Waals surface area contributed by atoms with Gasteiger partial charge in [-0.3, -0.25) is 9.59 Å². The number of carbonyl (C=O) groups excluding carboxylic acids is 2. The molecular formula is C63H120N2O20. The van der Waals surface area contributed by atoms with E-state index in [9.17, 15) is 70.9 Å². The summed E-state index contributed by atoms with van der Waals surface area (Å²) in [6, 6.07) is -2.82. The van der Waals surface area contributed by atoms with Gasteiger partial charge in [-0.15, -0.1) is 0 Å². The highest BCUT2D eigenvalue weighted by Gasteiger charge is 2.52. The van der Waals surface area contributed by atoms with E-state index in [1.165, 1.54) is 148 Å². The van der Waals surface area contributed by atoms with Gasteiger partial charge in [-0.1, -0.05) is 226 Å². The molecular weight excluding hydrogens is 1100 g/mol. The first-order valence-corrected chi connectivity index (χ1v) is 33.5. The van der Waals surface area contributed by atoms with Crippen molar-refractivity contribution in [2.24, 2.45) is 0 Å². The summed E-state index contributed by atoms with van der Waals surface area (Å²) in [6.07, 6.45) is 9.95. The van der Waals surface area contributed by atoms with E-state index in [1.807, 2.05) is 0 Å². The molecule has 3 aliphatic rings. The fraction of sp³-hybridized carbons (Fsp3) is 0.968. The highest BCUT2D eigenvalue weighted by molar-refractivity contribution is 5.80. The predicted octanol–water partition coefficient (Wildman–Crippen LogP) is 4.86. The molecule has 0 bridgehead atoms. The molecule has 0 unspecified atom stereocenters. The Balaban J connectivity index is 1.67. The lowest BCUT2D eigenvalue weighted by molar-refractivity contribution is -0.371. The molecule has 3 heterocycles. The van der Waals surface area contributed by atoms with Crippen LogP contribution in [0.3, 0.4) is 0 Å². The number of ether oxygens (including phenoxy) is 6. The number of amides is 2. The van der Waals surface area contributed by atoms with E-state index in [0.717, 1.165) is 58.3 Å². The number of unbranched alkanes of at least 4 members (excludes halogenated alkanes) is 31. The minimum absolute atomic E-state index is 0.130. The summed E-state index contributed by atoms with van der Waals surface area (Å²) in [5, 5.41) is 136.